The van der Waals surface area contributed by atoms with E-state index in [1.165, 1.54) is 22.8 Å². The molecular formula is C16H15N5O7S. The summed E-state index contributed by atoms with van der Waals surface area (Å²) in [5.41, 5.74) is 0.248. The zero-order chi connectivity index (χ0) is 21.0. The number of hydrogen-bond acceptors (Lipinski definition) is 10. The standard InChI is InChI=1S/C16H15N5O7S/c1-2-27-15(23)13-14(29-19-18-13)17-12(22)4-3-7-20-10-6-5-9(21(25)26)8-11(10)28-16(20)24/h5-6,8H,2-4,7H2,1H3,(H,17,22). The van der Waals surface area contributed by atoms with Crippen molar-refractivity contribution in [3.05, 3.63) is 44.6 Å². The number of nitrogens with zero attached hydrogens (tertiary/aromatic N) is 4. The number of aromatic nitrogens is 3. The molecule has 0 fully saturated rings. The number of nitro benzene ring substituents is 1. The third kappa shape index (κ3) is 4.45. The first-order chi connectivity index (χ1) is 13.9. The molecule has 3 aromatic rings. The molecule has 2 aromatic heterocycles. The second-order valence-electron chi connectivity index (χ2n) is 5.75. The Labute approximate surface area is 166 Å². The number of hydrogen-bond donors (Lipinski definition) is 1. The number of carbonyl (C=O) groups is 2. The Balaban J connectivity index is 1.62. The molecule has 1 N–H and O–H groups in total. The molecule has 0 aliphatic rings. The predicted molar refractivity (Wildman–Crippen MR) is 101 cm³/mol. The number of nitro groups is 1. The van der Waals surface area contributed by atoms with Crippen molar-refractivity contribution in [2.45, 2.75) is 26.3 Å². The monoisotopic (exact) mass is 421 g/mol. The van der Waals surface area contributed by atoms with Crippen LogP contribution in [-0.2, 0) is 16.1 Å². The van der Waals surface area contributed by atoms with Crippen LogP contribution in [0.2, 0.25) is 0 Å². The number of benzene rings is 1. The minimum Gasteiger partial charge on any atom is -0.461 e. The van der Waals surface area contributed by atoms with Crippen molar-refractivity contribution in [1.29, 1.82) is 0 Å². The second kappa shape index (κ2) is 8.60. The third-order valence-corrected chi connectivity index (χ3v) is 4.50. The fourth-order valence-electron chi connectivity index (χ4n) is 2.57. The van der Waals surface area contributed by atoms with Gasteiger partial charge in [0.15, 0.2) is 10.6 Å². The number of fused-ring (bicyclic) bond motifs is 1. The first-order valence-electron chi connectivity index (χ1n) is 8.47. The van der Waals surface area contributed by atoms with Gasteiger partial charge in [-0.1, -0.05) is 4.49 Å². The van der Waals surface area contributed by atoms with Gasteiger partial charge in [-0.3, -0.25) is 19.5 Å². The highest BCUT2D eigenvalue weighted by Crippen LogP contribution is 2.21. The lowest BCUT2D eigenvalue weighted by Crippen LogP contribution is -2.18. The van der Waals surface area contributed by atoms with Gasteiger partial charge in [0, 0.05) is 30.6 Å². The molecule has 0 spiro atoms. The molecule has 1 amide bonds. The van der Waals surface area contributed by atoms with Gasteiger partial charge >= 0.3 is 11.7 Å². The van der Waals surface area contributed by atoms with Crippen LogP contribution in [0.1, 0.15) is 30.3 Å². The van der Waals surface area contributed by atoms with Crippen molar-refractivity contribution in [1.82, 2.24) is 14.2 Å². The SMILES string of the molecule is CCOC(=O)c1nnsc1NC(=O)CCCn1c(=O)oc2cc([N+](=O)[O-])ccc21. The summed E-state index contributed by atoms with van der Waals surface area (Å²) in [7, 11) is 0. The number of aryl methyl sites for hydroxylation is 1. The summed E-state index contributed by atoms with van der Waals surface area (Å²) < 4.78 is 14.8. The summed E-state index contributed by atoms with van der Waals surface area (Å²) in [5, 5.41) is 17.2. The Morgan fingerprint density at radius 2 is 2.21 bits per heavy atom. The lowest BCUT2D eigenvalue weighted by Gasteiger charge is -2.05. The van der Waals surface area contributed by atoms with E-state index in [1.807, 2.05) is 0 Å². The van der Waals surface area contributed by atoms with E-state index in [9.17, 15) is 24.5 Å². The van der Waals surface area contributed by atoms with Gasteiger partial charge in [0.05, 0.1) is 23.1 Å². The van der Waals surface area contributed by atoms with Crippen molar-refractivity contribution in [3.8, 4) is 0 Å². The number of nitrogens with one attached hydrogen (secondary N) is 1. The van der Waals surface area contributed by atoms with Crippen LogP contribution >= 0.6 is 11.5 Å². The number of amides is 1. The van der Waals surface area contributed by atoms with Crippen molar-refractivity contribution < 1.29 is 23.7 Å². The molecule has 0 unspecified atom stereocenters. The molecule has 2 heterocycles. The van der Waals surface area contributed by atoms with Gasteiger partial charge in [0.1, 0.15) is 0 Å². The van der Waals surface area contributed by atoms with Crippen molar-refractivity contribution in [2.75, 3.05) is 11.9 Å². The maximum absolute atomic E-state index is 12.1. The first kappa shape index (κ1) is 20.1. The maximum atomic E-state index is 12.1. The lowest BCUT2D eigenvalue weighted by molar-refractivity contribution is -0.384. The Kier molecular flexibility index (Phi) is 5.97. The largest absolute Gasteiger partial charge is 0.461 e. The molecular weight excluding hydrogens is 406 g/mol. The molecule has 0 saturated carbocycles. The van der Waals surface area contributed by atoms with Crippen LogP contribution in [0.25, 0.3) is 11.1 Å². The molecule has 152 valence electrons. The highest BCUT2D eigenvalue weighted by atomic mass is 32.1. The van der Waals surface area contributed by atoms with Crippen molar-refractivity contribution in [2.24, 2.45) is 0 Å². The van der Waals surface area contributed by atoms with E-state index in [-0.39, 0.29) is 41.5 Å². The highest BCUT2D eigenvalue weighted by Gasteiger charge is 2.19. The van der Waals surface area contributed by atoms with Gasteiger partial charge in [0.2, 0.25) is 11.6 Å². The van der Waals surface area contributed by atoms with Crippen LogP contribution in [-0.4, -0.2) is 37.6 Å². The zero-order valence-corrected chi connectivity index (χ0v) is 15.9. The molecule has 12 nitrogen and oxygen atoms in total. The predicted octanol–water partition coefficient (Wildman–Crippen LogP) is 1.95. The minimum atomic E-state index is -0.679. The maximum Gasteiger partial charge on any atom is 0.419 e. The number of non-ortho nitro benzene ring substituents is 1. The average Bonchev–Trinajstić information content (AvgIpc) is 3.25. The Hall–Kier alpha value is -3.61. The smallest absolute Gasteiger partial charge is 0.419 e. The number of oxazole rings is 1. The second-order valence-corrected chi connectivity index (χ2v) is 6.51. The number of anilines is 1. The fraction of sp³-hybridized carbons (Fsp3) is 0.312. The fourth-order valence-corrected chi connectivity index (χ4v) is 3.15. The summed E-state index contributed by atoms with van der Waals surface area (Å²) in [6.07, 6.45) is 0.338. The number of esters is 1. The van der Waals surface area contributed by atoms with Crippen LogP contribution in [0, 0.1) is 10.1 Å². The van der Waals surface area contributed by atoms with Gasteiger partial charge in [0.25, 0.3) is 5.69 Å². The van der Waals surface area contributed by atoms with Gasteiger partial charge in [-0.15, -0.1) is 5.10 Å². The highest BCUT2D eigenvalue weighted by molar-refractivity contribution is 7.10. The Morgan fingerprint density at radius 3 is 2.93 bits per heavy atom. The van der Waals surface area contributed by atoms with E-state index < -0.39 is 22.6 Å². The lowest BCUT2D eigenvalue weighted by atomic mass is 10.2. The van der Waals surface area contributed by atoms with Crippen LogP contribution in [0.4, 0.5) is 10.7 Å². The number of carbonyl (C=O) groups excluding carboxylic acids is 2. The molecule has 13 heteroatoms. The van der Waals surface area contributed by atoms with Gasteiger partial charge in [-0.25, -0.2) is 9.59 Å². The molecule has 3 rings (SSSR count). The third-order valence-electron chi connectivity index (χ3n) is 3.86. The average molecular weight is 421 g/mol. The van der Waals surface area contributed by atoms with E-state index in [0.29, 0.717) is 11.9 Å². The Morgan fingerprint density at radius 1 is 1.41 bits per heavy atom. The van der Waals surface area contributed by atoms with Crippen LogP contribution < -0.4 is 11.1 Å². The quantitative estimate of drug-likeness (QED) is 0.326. The molecule has 0 aliphatic heterocycles. The van der Waals surface area contributed by atoms with E-state index in [4.69, 9.17) is 9.15 Å². The summed E-state index contributed by atoms with van der Waals surface area (Å²) in [6, 6.07) is 3.87. The van der Waals surface area contributed by atoms with Crippen molar-refractivity contribution >= 4 is 45.2 Å². The van der Waals surface area contributed by atoms with Gasteiger partial charge in [-0.2, -0.15) is 0 Å². The first-order valence-corrected chi connectivity index (χ1v) is 9.25. The molecule has 0 aliphatic carbocycles. The molecule has 0 radical (unpaired) electrons. The summed E-state index contributed by atoms with van der Waals surface area (Å²) in [5.74, 6) is -1.74. The number of ether oxygens (including phenoxy) is 1. The molecule has 1 aromatic carbocycles. The van der Waals surface area contributed by atoms with E-state index in [2.05, 4.69) is 14.9 Å². The van der Waals surface area contributed by atoms with Gasteiger partial charge in [-0.05, 0) is 19.4 Å². The normalized spacial score (nSPS) is 10.8. The van der Waals surface area contributed by atoms with Crippen LogP contribution in [0.5, 0.6) is 0 Å². The Bertz CT molecular complexity index is 1130. The van der Waals surface area contributed by atoms with Crippen LogP contribution in [0.3, 0.4) is 0 Å². The minimum absolute atomic E-state index is 0.0479. The molecule has 0 bridgehead atoms. The molecule has 29 heavy (non-hydrogen) atoms. The topological polar surface area (TPSA) is 159 Å². The van der Waals surface area contributed by atoms with E-state index in [1.54, 1.807) is 6.92 Å². The van der Waals surface area contributed by atoms with E-state index >= 15 is 0 Å². The summed E-state index contributed by atoms with van der Waals surface area (Å²) >= 11 is 0.852. The van der Waals surface area contributed by atoms with E-state index in [0.717, 1.165) is 11.5 Å². The summed E-state index contributed by atoms with van der Waals surface area (Å²) in [6.45, 7) is 1.98. The summed E-state index contributed by atoms with van der Waals surface area (Å²) in [4.78, 5) is 46.1. The van der Waals surface area contributed by atoms with Crippen molar-refractivity contribution in [3.63, 3.8) is 0 Å². The van der Waals surface area contributed by atoms with Crippen LogP contribution in [0.15, 0.2) is 27.4 Å². The number of rotatable bonds is 8. The molecule has 0 atom stereocenters. The van der Waals surface area contributed by atoms with Gasteiger partial charge < -0.3 is 14.5 Å². The zero-order valence-electron chi connectivity index (χ0n) is 15.1. The molecule has 0 saturated heterocycles.